The lowest BCUT2D eigenvalue weighted by molar-refractivity contribution is 0.0697. The molecule has 0 aromatic heterocycles. The summed E-state index contributed by atoms with van der Waals surface area (Å²) < 4.78 is 0.846. The Bertz CT molecular complexity index is 699. The highest BCUT2D eigenvalue weighted by atomic mass is 79.9. The summed E-state index contributed by atoms with van der Waals surface area (Å²) in [5.41, 5.74) is 4.06. The molecule has 1 aliphatic rings. The third-order valence-electron chi connectivity index (χ3n) is 3.99. The molecule has 1 aliphatic heterocycles. The topological polar surface area (TPSA) is 40.5 Å². The first-order chi connectivity index (χ1) is 10.1. The lowest BCUT2D eigenvalue weighted by Crippen LogP contribution is -2.28. The smallest absolute Gasteiger partial charge is 0.335 e. The predicted molar refractivity (Wildman–Crippen MR) is 86.9 cm³/mol. The zero-order valence-corrected chi connectivity index (χ0v) is 13.3. The van der Waals surface area contributed by atoms with Crippen LogP contribution in [0.3, 0.4) is 0 Å². The number of benzene rings is 2. The highest BCUT2D eigenvalue weighted by Crippen LogP contribution is 2.34. The molecule has 3 nitrogen and oxygen atoms in total. The molecule has 0 saturated carbocycles. The first-order valence-corrected chi connectivity index (χ1v) is 7.72. The number of halogens is 1. The number of rotatable bonds is 3. The Morgan fingerprint density at radius 3 is 2.81 bits per heavy atom. The number of hydrogen-bond donors (Lipinski definition) is 1. The van der Waals surface area contributed by atoms with Crippen molar-refractivity contribution in [2.24, 2.45) is 0 Å². The van der Waals surface area contributed by atoms with Crippen LogP contribution in [0.2, 0.25) is 0 Å². The van der Waals surface area contributed by atoms with Gasteiger partial charge in [-0.3, -0.25) is 0 Å². The summed E-state index contributed by atoms with van der Waals surface area (Å²) in [6.07, 6.45) is 1.06. The number of hydrogen-bond acceptors (Lipinski definition) is 2. The summed E-state index contributed by atoms with van der Waals surface area (Å²) in [7, 11) is 0. The van der Waals surface area contributed by atoms with Gasteiger partial charge < -0.3 is 10.0 Å². The molecule has 1 N–H and O–H groups in total. The molecule has 0 spiro atoms. The largest absolute Gasteiger partial charge is 0.478 e. The molecule has 1 atom stereocenters. The van der Waals surface area contributed by atoms with E-state index in [9.17, 15) is 4.79 Å². The van der Waals surface area contributed by atoms with Crippen molar-refractivity contribution >= 4 is 27.6 Å². The third-order valence-corrected chi connectivity index (χ3v) is 4.73. The molecule has 21 heavy (non-hydrogen) atoms. The average molecular weight is 346 g/mol. The van der Waals surface area contributed by atoms with Crippen molar-refractivity contribution < 1.29 is 9.90 Å². The van der Waals surface area contributed by atoms with Crippen molar-refractivity contribution in [2.45, 2.75) is 25.9 Å². The monoisotopic (exact) mass is 345 g/mol. The standard InChI is InChI=1S/C17H16BrNO2/c1-11-8-12-4-2-3-5-16(12)19(11)10-14-7-6-13(17(20)21)9-15(14)18/h2-7,9,11H,8,10H2,1H3,(H,20,21). The zero-order valence-electron chi connectivity index (χ0n) is 11.7. The lowest BCUT2D eigenvalue weighted by Gasteiger charge is -2.25. The fourth-order valence-electron chi connectivity index (χ4n) is 2.86. The second kappa shape index (κ2) is 5.53. The second-order valence-corrected chi connectivity index (χ2v) is 6.28. The minimum absolute atomic E-state index is 0.306. The van der Waals surface area contributed by atoms with Crippen molar-refractivity contribution in [3.05, 3.63) is 63.6 Å². The predicted octanol–water partition coefficient (Wildman–Crippen LogP) is 4.10. The van der Waals surface area contributed by atoms with E-state index in [1.54, 1.807) is 12.1 Å². The number of nitrogens with zero attached hydrogens (tertiary/aromatic N) is 1. The van der Waals surface area contributed by atoms with Gasteiger partial charge in [-0.25, -0.2) is 4.79 Å². The van der Waals surface area contributed by atoms with Crippen LogP contribution in [0.5, 0.6) is 0 Å². The molecular weight excluding hydrogens is 330 g/mol. The Balaban J connectivity index is 1.89. The molecule has 108 valence electrons. The minimum Gasteiger partial charge on any atom is -0.478 e. The molecule has 0 saturated heterocycles. The van der Waals surface area contributed by atoms with Crippen LogP contribution in [0.4, 0.5) is 5.69 Å². The van der Waals surface area contributed by atoms with Gasteiger partial charge in [0.25, 0.3) is 0 Å². The number of carbonyl (C=O) groups is 1. The quantitative estimate of drug-likeness (QED) is 0.910. The minimum atomic E-state index is -0.901. The second-order valence-electron chi connectivity index (χ2n) is 5.42. The van der Waals surface area contributed by atoms with Gasteiger partial charge in [-0.2, -0.15) is 0 Å². The Morgan fingerprint density at radius 2 is 2.10 bits per heavy atom. The van der Waals surface area contributed by atoms with Gasteiger partial charge in [0.15, 0.2) is 0 Å². The van der Waals surface area contributed by atoms with E-state index in [0.29, 0.717) is 11.6 Å². The van der Waals surface area contributed by atoms with Crippen LogP contribution in [-0.4, -0.2) is 17.1 Å². The molecule has 1 heterocycles. The van der Waals surface area contributed by atoms with Gasteiger partial charge in [-0.15, -0.1) is 0 Å². The SMILES string of the molecule is CC1Cc2ccccc2N1Cc1ccc(C(=O)O)cc1Br. The van der Waals surface area contributed by atoms with Crippen molar-refractivity contribution in [3.8, 4) is 0 Å². The molecule has 0 bridgehead atoms. The number of fused-ring (bicyclic) bond motifs is 1. The molecule has 0 aliphatic carbocycles. The Labute approximate surface area is 132 Å². The highest BCUT2D eigenvalue weighted by Gasteiger charge is 2.25. The molecule has 4 heteroatoms. The maximum Gasteiger partial charge on any atom is 0.335 e. The molecule has 2 aromatic rings. The number of carboxylic acids is 1. The van der Waals surface area contributed by atoms with Crippen molar-refractivity contribution in [1.29, 1.82) is 0 Å². The molecule has 1 unspecified atom stereocenters. The van der Waals surface area contributed by atoms with Gasteiger partial charge in [-0.05, 0) is 42.7 Å². The van der Waals surface area contributed by atoms with E-state index in [0.717, 1.165) is 23.0 Å². The molecule has 0 radical (unpaired) electrons. The maximum atomic E-state index is 11.0. The van der Waals surface area contributed by atoms with Gasteiger partial charge in [0.2, 0.25) is 0 Å². The lowest BCUT2D eigenvalue weighted by atomic mass is 10.1. The first kappa shape index (κ1) is 14.1. The van der Waals surface area contributed by atoms with E-state index in [1.807, 2.05) is 6.07 Å². The van der Waals surface area contributed by atoms with E-state index < -0.39 is 5.97 Å². The van der Waals surface area contributed by atoms with Gasteiger partial charge in [0.05, 0.1) is 5.56 Å². The van der Waals surface area contributed by atoms with E-state index >= 15 is 0 Å². The van der Waals surface area contributed by atoms with E-state index in [4.69, 9.17) is 5.11 Å². The summed E-state index contributed by atoms with van der Waals surface area (Å²) >= 11 is 3.49. The maximum absolute atomic E-state index is 11.0. The van der Waals surface area contributed by atoms with E-state index in [-0.39, 0.29) is 0 Å². The molecule has 3 rings (SSSR count). The fourth-order valence-corrected chi connectivity index (χ4v) is 3.37. The van der Waals surface area contributed by atoms with Crippen LogP contribution < -0.4 is 4.90 Å². The average Bonchev–Trinajstić information content (AvgIpc) is 2.77. The molecule has 0 amide bonds. The summed E-state index contributed by atoms with van der Waals surface area (Å²) in [5, 5.41) is 9.03. The van der Waals surface area contributed by atoms with Crippen LogP contribution in [0.15, 0.2) is 46.9 Å². The summed E-state index contributed by atoms with van der Waals surface area (Å²) in [4.78, 5) is 13.4. The highest BCUT2D eigenvalue weighted by molar-refractivity contribution is 9.10. The van der Waals surface area contributed by atoms with Gasteiger partial charge in [0, 0.05) is 22.7 Å². The molecule has 2 aromatic carbocycles. The Kier molecular flexibility index (Phi) is 3.72. The third kappa shape index (κ3) is 2.68. The van der Waals surface area contributed by atoms with Gasteiger partial charge in [-0.1, -0.05) is 40.2 Å². The van der Waals surface area contributed by atoms with Crippen LogP contribution in [0.25, 0.3) is 0 Å². The van der Waals surface area contributed by atoms with Crippen LogP contribution in [-0.2, 0) is 13.0 Å². The summed E-state index contributed by atoms with van der Waals surface area (Å²) in [5.74, 6) is -0.901. The van der Waals surface area contributed by atoms with Crippen LogP contribution in [0.1, 0.15) is 28.4 Å². The van der Waals surface area contributed by atoms with E-state index in [2.05, 4.69) is 52.0 Å². The van der Waals surface area contributed by atoms with Crippen LogP contribution in [0, 0.1) is 0 Å². The van der Waals surface area contributed by atoms with E-state index in [1.165, 1.54) is 11.3 Å². The van der Waals surface area contributed by atoms with Crippen LogP contribution >= 0.6 is 15.9 Å². The number of carboxylic acid groups (broad SMARTS) is 1. The summed E-state index contributed by atoms with van der Waals surface area (Å²) in [6, 6.07) is 14.1. The molecular formula is C17H16BrNO2. The summed E-state index contributed by atoms with van der Waals surface area (Å²) in [6.45, 7) is 3.00. The van der Waals surface area contributed by atoms with Gasteiger partial charge >= 0.3 is 5.97 Å². The van der Waals surface area contributed by atoms with Crippen molar-refractivity contribution in [1.82, 2.24) is 0 Å². The van der Waals surface area contributed by atoms with Gasteiger partial charge in [0.1, 0.15) is 0 Å². The zero-order chi connectivity index (χ0) is 15.0. The Morgan fingerprint density at radius 1 is 1.33 bits per heavy atom. The first-order valence-electron chi connectivity index (χ1n) is 6.92. The number of aromatic carboxylic acids is 1. The fraction of sp³-hybridized carbons (Fsp3) is 0.235. The Hall–Kier alpha value is -1.81. The number of anilines is 1. The molecule has 0 fully saturated rings. The van der Waals surface area contributed by atoms with Crippen molar-refractivity contribution in [3.63, 3.8) is 0 Å². The van der Waals surface area contributed by atoms with Crippen molar-refractivity contribution in [2.75, 3.05) is 4.90 Å². The normalized spacial score (nSPS) is 16.9. The number of para-hydroxylation sites is 1.